The van der Waals surface area contributed by atoms with Gasteiger partial charge in [-0.3, -0.25) is 14.7 Å². The topological polar surface area (TPSA) is 66.1 Å². The molecule has 1 aliphatic heterocycles. The summed E-state index contributed by atoms with van der Waals surface area (Å²) < 4.78 is 0. The Bertz CT molecular complexity index is 1110. The van der Waals surface area contributed by atoms with Gasteiger partial charge in [0.25, 0.3) is 0 Å². The van der Waals surface area contributed by atoms with E-state index in [-0.39, 0.29) is 17.6 Å². The Morgan fingerprint density at radius 2 is 1.87 bits per heavy atom. The minimum Gasteiger partial charge on any atom is -0.342 e. The molecule has 1 atom stereocenters. The van der Waals surface area contributed by atoms with Crippen molar-refractivity contribution in [3.8, 4) is 0 Å². The number of carbonyl (C=O) groups excluding carboxylic acids is 2. The molecule has 1 amide bonds. The zero-order chi connectivity index (χ0) is 21.2. The number of nitrogens with one attached hydrogen (secondary N) is 1. The molecular weight excluding hydrogens is 386 g/mol. The second-order valence-electron chi connectivity index (χ2n) is 8.90. The second kappa shape index (κ2) is 8.66. The van der Waals surface area contributed by atoms with Crippen LogP contribution in [0.25, 0.3) is 10.8 Å². The van der Waals surface area contributed by atoms with Crippen LogP contribution in [0.15, 0.2) is 42.5 Å². The van der Waals surface area contributed by atoms with Gasteiger partial charge in [0.15, 0.2) is 5.78 Å². The number of aromatic nitrogens is 2. The molecule has 5 heteroatoms. The van der Waals surface area contributed by atoms with Gasteiger partial charge in [0, 0.05) is 43.1 Å². The molecule has 1 aliphatic carbocycles. The van der Waals surface area contributed by atoms with Crippen LogP contribution in [0, 0.1) is 5.92 Å². The Labute approximate surface area is 182 Å². The summed E-state index contributed by atoms with van der Waals surface area (Å²) in [5.74, 6) is 0.181. The summed E-state index contributed by atoms with van der Waals surface area (Å²) in [6.07, 6.45) is 7.44. The van der Waals surface area contributed by atoms with E-state index in [1.54, 1.807) is 0 Å². The predicted octanol–water partition coefficient (Wildman–Crippen LogP) is 4.50. The zero-order valence-electron chi connectivity index (χ0n) is 17.9. The van der Waals surface area contributed by atoms with Crippen LogP contribution in [-0.4, -0.2) is 39.9 Å². The molecule has 1 saturated heterocycles. The Balaban J connectivity index is 1.25. The monoisotopic (exact) mass is 415 g/mol. The van der Waals surface area contributed by atoms with Crippen molar-refractivity contribution >= 4 is 22.5 Å². The number of hydrogen-bond acceptors (Lipinski definition) is 3. The van der Waals surface area contributed by atoms with Gasteiger partial charge < -0.3 is 4.90 Å². The van der Waals surface area contributed by atoms with E-state index < -0.39 is 0 Å². The van der Waals surface area contributed by atoms with Gasteiger partial charge >= 0.3 is 0 Å². The first-order chi connectivity index (χ1) is 15.2. The lowest BCUT2D eigenvalue weighted by Gasteiger charge is -2.32. The molecular formula is C26H29N3O2. The van der Waals surface area contributed by atoms with Crippen molar-refractivity contribution in [3.05, 3.63) is 65.0 Å². The largest absolute Gasteiger partial charge is 0.342 e. The molecule has 1 aromatic heterocycles. The van der Waals surface area contributed by atoms with Crippen molar-refractivity contribution in [2.45, 2.75) is 51.4 Å². The molecule has 5 rings (SSSR count). The number of ketones is 1. The van der Waals surface area contributed by atoms with Gasteiger partial charge in [0.1, 0.15) is 0 Å². The van der Waals surface area contributed by atoms with Crippen LogP contribution in [0.5, 0.6) is 0 Å². The van der Waals surface area contributed by atoms with Crippen LogP contribution < -0.4 is 0 Å². The summed E-state index contributed by atoms with van der Waals surface area (Å²) in [6, 6.07) is 13.9. The molecule has 5 nitrogen and oxygen atoms in total. The summed E-state index contributed by atoms with van der Waals surface area (Å²) in [6.45, 7) is 1.27. The number of likely N-dealkylation sites (tertiary alicyclic amines) is 1. The third kappa shape index (κ3) is 4.01. The molecule has 3 aromatic rings. The normalized spacial score (nSPS) is 18.7. The fourth-order valence-corrected chi connectivity index (χ4v) is 5.22. The zero-order valence-corrected chi connectivity index (χ0v) is 17.9. The van der Waals surface area contributed by atoms with Crippen LogP contribution in [0.1, 0.15) is 59.4 Å². The predicted molar refractivity (Wildman–Crippen MR) is 121 cm³/mol. The first-order valence-corrected chi connectivity index (χ1v) is 11.6. The van der Waals surface area contributed by atoms with Crippen LogP contribution in [0.2, 0.25) is 0 Å². The van der Waals surface area contributed by atoms with Crippen molar-refractivity contribution < 1.29 is 9.59 Å². The summed E-state index contributed by atoms with van der Waals surface area (Å²) in [5.41, 5.74) is 4.43. The first kappa shape index (κ1) is 20.0. The third-order valence-corrected chi connectivity index (χ3v) is 6.92. The number of aromatic amines is 1. The maximum atomic E-state index is 13.3. The number of benzene rings is 2. The Morgan fingerprint density at radius 3 is 2.81 bits per heavy atom. The molecule has 2 heterocycles. The van der Waals surface area contributed by atoms with E-state index in [0.717, 1.165) is 54.3 Å². The fourth-order valence-electron chi connectivity index (χ4n) is 5.22. The van der Waals surface area contributed by atoms with Gasteiger partial charge in [-0.1, -0.05) is 42.5 Å². The van der Waals surface area contributed by atoms with E-state index in [1.807, 2.05) is 47.4 Å². The number of carbonyl (C=O) groups is 2. The molecule has 1 fully saturated rings. The lowest BCUT2D eigenvalue weighted by Crippen LogP contribution is -2.42. The molecule has 0 bridgehead atoms. The van der Waals surface area contributed by atoms with Gasteiger partial charge in [0.05, 0.1) is 5.69 Å². The number of piperidine rings is 1. The van der Waals surface area contributed by atoms with Crippen LogP contribution in [0.3, 0.4) is 0 Å². The molecule has 0 saturated carbocycles. The number of nitrogens with zero attached hydrogens (tertiary/aromatic N) is 2. The molecule has 0 radical (unpaired) electrons. The molecule has 2 aliphatic rings. The lowest BCUT2D eigenvalue weighted by atomic mass is 9.87. The number of hydrogen-bond donors (Lipinski definition) is 1. The van der Waals surface area contributed by atoms with Gasteiger partial charge in [-0.15, -0.1) is 0 Å². The van der Waals surface area contributed by atoms with Gasteiger partial charge in [-0.25, -0.2) is 0 Å². The number of Topliss-reactive ketones (excluding diaryl/α,β-unsaturated/α-hetero) is 1. The van der Waals surface area contributed by atoms with Gasteiger partial charge in [0.2, 0.25) is 5.91 Å². The quantitative estimate of drug-likeness (QED) is 0.624. The number of H-pyrrole nitrogens is 1. The minimum absolute atomic E-state index is 0.123. The highest BCUT2D eigenvalue weighted by Gasteiger charge is 2.30. The molecule has 0 unspecified atom stereocenters. The lowest BCUT2D eigenvalue weighted by molar-refractivity contribution is -0.132. The van der Waals surface area contributed by atoms with Gasteiger partial charge in [-0.2, -0.15) is 5.10 Å². The SMILES string of the molecule is O=C(c1cccc2ccccc12)[C@@H]1CCCN(C(=O)CCc2n[nH]c3c2CCCC3)C1. The fraction of sp³-hybridized carbons (Fsp3) is 0.423. The van der Waals surface area contributed by atoms with E-state index in [9.17, 15) is 9.59 Å². The summed E-state index contributed by atoms with van der Waals surface area (Å²) in [7, 11) is 0. The molecule has 0 spiro atoms. The van der Waals surface area contributed by atoms with Gasteiger partial charge in [-0.05, 0) is 54.9 Å². The summed E-state index contributed by atoms with van der Waals surface area (Å²) in [5, 5.41) is 9.73. The third-order valence-electron chi connectivity index (χ3n) is 6.92. The first-order valence-electron chi connectivity index (χ1n) is 11.6. The molecule has 160 valence electrons. The number of fused-ring (bicyclic) bond motifs is 2. The highest BCUT2D eigenvalue weighted by atomic mass is 16.2. The number of amides is 1. The van der Waals surface area contributed by atoms with Crippen molar-refractivity contribution in [3.63, 3.8) is 0 Å². The second-order valence-corrected chi connectivity index (χ2v) is 8.90. The number of rotatable bonds is 5. The Morgan fingerprint density at radius 1 is 1.03 bits per heavy atom. The minimum atomic E-state index is -0.123. The highest BCUT2D eigenvalue weighted by molar-refractivity contribution is 6.09. The van der Waals surface area contributed by atoms with E-state index in [2.05, 4.69) is 10.2 Å². The van der Waals surface area contributed by atoms with E-state index in [1.165, 1.54) is 24.1 Å². The molecule has 2 aromatic carbocycles. The standard InChI is InChI=1S/C26H29N3O2/c30-25(15-14-24-22-11-3-4-13-23(22)27-28-24)29-16-6-9-19(17-29)26(31)21-12-5-8-18-7-1-2-10-20(18)21/h1-2,5,7-8,10,12,19H,3-4,6,9,11,13-17H2,(H,27,28)/t19-/m1/s1. The van der Waals surface area contributed by atoms with E-state index in [4.69, 9.17) is 0 Å². The maximum absolute atomic E-state index is 13.3. The number of aryl methyl sites for hydroxylation is 2. The van der Waals surface area contributed by atoms with Crippen molar-refractivity contribution in [1.29, 1.82) is 0 Å². The highest BCUT2D eigenvalue weighted by Crippen LogP contribution is 2.27. The Hall–Kier alpha value is -2.95. The van der Waals surface area contributed by atoms with Crippen LogP contribution in [0.4, 0.5) is 0 Å². The average molecular weight is 416 g/mol. The van der Waals surface area contributed by atoms with E-state index in [0.29, 0.717) is 19.4 Å². The van der Waals surface area contributed by atoms with Crippen LogP contribution in [-0.2, 0) is 24.1 Å². The molecule has 31 heavy (non-hydrogen) atoms. The van der Waals surface area contributed by atoms with Crippen molar-refractivity contribution in [2.24, 2.45) is 5.92 Å². The average Bonchev–Trinajstić information content (AvgIpc) is 3.25. The Kier molecular flexibility index (Phi) is 5.58. The summed E-state index contributed by atoms with van der Waals surface area (Å²) in [4.78, 5) is 28.2. The van der Waals surface area contributed by atoms with E-state index >= 15 is 0 Å². The maximum Gasteiger partial charge on any atom is 0.222 e. The van der Waals surface area contributed by atoms with Crippen molar-refractivity contribution in [1.82, 2.24) is 15.1 Å². The smallest absolute Gasteiger partial charge is 0.222 e. The van der Waals surface area contributed by atoms with Crippen LogP contribution >= 0.6 is 0 Å². The summed E-state index contributed by atoms with van der Waals surface area (Å²) >= 11 is 0. The molecule has 1 N–H and O–H groups in total. The van der Waals surface area contributed by atoms with Crippen molar-refractivity contribution in [2.75, 3.05) is 13.1 Å².